The van der Waals surface area contributed by atoms with Crippen molar-refractivity contribution in [1.82, 2.24) is 29.4 Å². The predicted molar refractivity (Wildman–Crippen MR) is 58.0 cm³/mol. The first kappa shape index (κ1) is 9.29. The van der Waals surface area contributed by atoms with Gasteiger partial charge < -0.3 is 0 Å². The van der Waals surface area contributed by atoms with Crippen LogP contribution in [-0.4, -0.2) is 29.4 Å². The highest BCUT2D eigenvalue weighted by molar-refractivity contribution is 6.29. The molecule has 0 aliphatic rings. The number of hydrogen-bond acceptors (Lipinski definition) is 4. The van der Waals surface area contributed by atoms with Crippen LogP contribution in [0.3, 0.4) is 0 Å². The van der Waals surface area contributed by atoms with Crippen LogP contribution in [0.4, 0.5) is 0 Å². The van der Waals surface area contributed by atoms with E-state index >= 15 is 0 Å². The van der Waals surface area contributed by atoms with Crippen molar-refractivity contribution in [2.45, 2.75) is 0 Å². The summed E-state index contributed by atoms with van der Waals surface area (Å²) in [5.41, 5.74) is 1.55. The monoisotopic (exact) mass is 234 g/mol. The normalized spacial score (nSPS) is 11.1. The third kappa shape index (κ3) is 1.35. The lowest BCUT2D eigenvalue weighted by atomic mass is 10.3. The maximum Gasteiger partial charge on any atom is 0.172 e. The van der Waals surface area contributed by atoms with Gasteiger partial charge in [-0.15, -0.1) is 10.2 Å². The Kier molecular flexibility index (Phi) is 1.90. The molecule has 0 saturated carbocycles. The number of hydrogen-bond donors (Lipinski definition) is 0. The molecule has 0 fully saturated rings. The van der Waals surface area contributed by atoms with Crippen LogP contribution >= 0.6 is 11.6 Å². The fraction of sp³-hybridized carbons (Fsp3) is 0.111. The molecule has 0 amide bonds. The summed E-state index contributed by atoms with van der Waals surface area (Å²) >= 11 is 5.77. The SMILES string of the molecule is Cn1cc(-c2nnc3cc(Cl)ncn23)cn1. The van der Waals surface area contributed by atoms with Gasteiger partial charge in [0.2, 0.25) is 0 Å². The molecule has 0 radical (unpaired) electrons. The smallest absolute Gasteiger partial charge is 0.172 e. The summed E-state index contributed by atoms with van der Waals surface area (Å²) in [5, 5.41) is 12.6. The zero-order valence-electron chi connectivity index (χ0n) is 8.37. The predicted octanol–water partition coefficient (Wildman–Crippen LogP) is 1.18. The van der Waals surface area contributed by atoms with Gasteiger partial charge in [0.25, 0.3) is 0 Å². The molecule has 0 aliphatic heterocycles. The molecule has 0 aliphatic carbocycles. The van der Waals surface area contributed by atoms with E-state index in [0.29, 0.717) is 16.6 Å². The van der Waals surface area contributed by atoms with Gasteiger partial charge in [-0.1, -0.05) is 11.6 Å². The van der Waals surface area contributed by atoms with E-state index in [4.69, 9.17) is 11.6 Å². The molecule has 16 heavy (non-hydrogen) atoms. The molecule has 0 atom stereocenters. The zero-order chi connectivity index (χ0) is 11.1. The number of rotatable bonds is 1. The molecule has 7 heteroatoms. The van der Waals surface area contributed by atoms with Crippen LogP contribution in [0.5, 0.6) is 0 Å². The fourth-order valence-corrected chi connectivity index (χ4v) is 1.65. The van der Waals surface area contributed by atoms with Gasteiger partial charge in [0.15, 0.2) is 11.5 Å². The van der Waals surface area contributed by atoms with E-state index in [-0.39, 0.29) is 0 Å². The Balaban J connectivity index is 2.25. The van der Waals surface area contributed by atoms with Crippen molar-refractivity contribution in [3.05, 3.63) is 29.9 Å². The largest absolute Gasteiger partial charge is 0.275 e. The van der Waals surface area contributed by atoms with Crippen LogP contribution in [0.1, 0.15) is 0 Å². The third-order valence-corrected chi connectivity index (χ3v) is 2.44. The van der Waals surface area contributed by atoms with Crippen LogP contribution in [0.2, 0.25) is 5.15 Å². The summed E-state index contributed by atoms with van der Waals surface area (Å²) in [7, 11) is 1.85. The standard InChI is InChI=1S/C9H7ClN6/c1-15-4-6(3-12-15)9-14-13-8-2-7(10)11-5-16(8)9/h2-5H,1H3. The van der Waals surface area contributed by atoms with Crippen LogP contribution in [0, 0.1) is 0 Å². The molecule has 6 nitrogen and oxygen atoms in total. The first-order valence-corrected chi connectivity index (χ1v) is 4.97. The second-order valence-electron chi connectivity index (χ2n) is 3.37. The van der Waals surface area contributed by atoms with E-state index in [1.165, 1.54) is 0 Å². The van der Waals surface area contributed by atoms with E-state index in [1.807, 2.05) is 13.2 Å². The second-order valence-corrected chi connectivity index (χ2v) is 3.75. The van der Waals surface area contributed by atoms with Crippen LogP contribution in [-0.2, 0) is 7.05 Å². The van der Waals surface area contributed by atoms with Gasteiger partial charge in [-0.25, -0.2) is 4.98 Å². The average Bonchev–Trinajstić information content (AvgIpc) is 2.83. The van der Waals surface area contributed by atoms with Crippen molar-refractivity contribution in [2.24, 2.45) is 7.05 Å². The summed E-state index contributed by atoms with van der Waals surface area (Å²) in [4.78, 5) is 3.99. The minimum absolute atomic E-state index is 0.401. The molecule has 0 unspecified atom stereocenters. The molecule has 0 N–H and O–H groups in total. The zero-order valence-corrected chi connectivity index (χ0v) is 9.13. The Morgan fingerprint density at radius 3 is 2.94 bits per heavy atom. The highest BCUT2D eigenvalue weighted by atomic mass is 35.5. The maximum absolute atomic E-state index is 5.77. The van der Waals surface area contributed by atoms with Gasteiger partial charge in [-0.3, -0.25) is 9.08 Å². The van der Waals surface area contributed by atoms with Crippen molar-refractivity contribution in [1.29, 1.82) is 0 Å². The van der Waals surface area contributed by atoms with Crippen molar-refractivity contribution in [2.75, 3.05) is 0 Å². The molecule has 0 aromatic carbocycles. The second kappa shape index (κ2) is 3.28. The Hall–Kier alpha value is -1.95. The van der Waals surface area contributed by atoms with Crippen molar-refractivity contribution in [3.63, 3.8) is 0 Å². The molecule has 3 rings (SSSR count). The highest BCUT2D eigenvalue weighted by Crippen LogP contribution is 2.17. The van der Waals surface area contributed by atoms with E-state index in [9.17, 15) is 0 Å². The summed E-state index contributed by atoms with van der Waals surface area (Å²) in [6, 6.07) is 1.66. The summed E-state index contributed by atoms with van der Waals surface area (Å²) < 4.78 is 3.47. The van der Waals surface area contributed by atoms with Gasteiger partial charge in [0.05, 0.1) is 11.8 Å². The molecule has 80 valence electrons. The van der Waals surface area contributed by atoms with Gasteiger partial charge in [-0.2, -0.15) is 5.10 Å². The molecule has 3 aromatic rings. The number of fused-ring (bicyclic) bond motifs is 1. The molecule has 0 saturated heterocycles. The first-order chi connectivity index (χ1) is 7.74. The van der Waals surface area contributed by atoms with Crippen LogP contribution < -0.4 is 0 Å². The summed E-state index contributed by atoms with van der Waals surface area (Å²) in [6.07, 6.45) is 5.19. The minimum atomic E-state index is 0.401. The topological polar surface area (TPSA) is 60.9 Å². The summed E-state index contributed by atoms with van der Waals surface area (Å²) in [5.74, 6) is 0.701. The Labute approximate surface area is 95.5 Å². The quantitative estimate of drug-likeness (QED) is 0.593. The third-order valence-electron chi connectivity index (χ3n) is 2.23. The Morgan fingerprint density at radius 2 is 2.19 bits per heavy atom. The lowest BCUT2D eigenvalue weighted by molar-refractivity contribution is 0.768. The van der Waals surface area contributed by atoms with Crippen molar-refractivity contribution in [3.8, 4) is 11.4 Å². The van der Waals surface area contributed by atoms with Crippen molar-refractivity contribution < 1.29 is 0 Å². The fourth-order valence-electron chi connectivity index (χ4n) is 1.51. The van der Waals surface area contributed by atoms with E-state index < -0.39 is 0 Å². The minimum Gasteiger partial charge on any atom is -0.275 e. The number of nitrogens with zero attached hydrogens (tertiary/aromatic N) is 6. The van der Waals surface area contributed by atoms with E-state index in [1.54, 1.807) is 27.7 Å². The van der Waals surface area contributed by atoms with Crippen LogP contribution in [0.25, 0.3) is 17.0 Å². The van der Waals surface area contributed by atoms with Gasteiger partial charge in [-0.05, 0) is 0 Å². The number of aromatic nitrogens is 6. The lowest BCUT2D eigenvalue weighted by Gasteiger charge is -1.95. The van der Waals surface area contributed by atoms with Gasteiger partial charge in [0, 0.05) is 19.3 Å². The van der Waals surface area contributed by atoms with E-state index in [0.717, 1.165) is 5.56 Å². The molecule has 3 aromatic heterocycles. The summed E-state index contributed by atoms with van der Waals surface area (Å²) in [6.45, 7) is 0. The molecule has 0 spiro atoms. The van der Waals surface area contributed by atoms with E-state index in [2.05, 4.69) is 20.3 Å². The number of aryl methyl sites for hydroxylation is 1. The Bertz CT molecular complexity index is 655. The number of halogens is 1. The van der Waals surface area contributed by atoms with Crippen molar-refractivity contribution >= 4 is 17.2 Å². The van der Waals surface area contributed by atoms with Gasteiger partial charge in [0.1, 0.15) is 11.5 Å². The highest BCUT2D eigenvalue weighted by Gasteiger charge is 2.09. The molecule has 0 bridgehead atoms. The molecular formula is C9H7ClN6. The van der Waals surface area contributed by atoms with Crippen LogP contribution in [0.15, 0.2) is 24.8 Å². The first-order valence-electron chi connectivity index (χ1n) is 4.59. The Morgan fingerprint density at radius 1 is 1.31 bits per heavy atom. The molecular weight excluding hydrogens is 228 g/mol. The average molecular weight is 235 g/mol. The molecule has 3 heterocycles. The van der Waals surface area contributed by atoms with Gasteiger partial charge >= 0.3 is 0 Å². The lowest BCUT2D eigenvalue weighted by Crippen LogP contribution is -1.90. The maximum atomic E-state index is 5.77.